The predicted molar refractivity (Wildman–Crippen MR) is 104 cm³/mol. The molecule has 1 N–H and O–H groups in total. The number of methoxy groups -OCH3 is 2. The second-order valence-corrected chi connectivity index (χ2v) is 6.28. The quantitative estimate of drug-likeness (QED) is 0.744. The average molecular weight is 401 g/mol. The van der Waals surface area contributed by atoms with Crippen LogP contribution in [0.2, 0.25) is 0 Å². The molecule has 0 atom stereocenters. The fourth-order valence-electron chi connectivity index (χ4n) is 2.97. The number of amides is 3. The average Bonchev–Trinajstić information content (AvgIpc) is 2.72. The van der Waals surface area contributed by atoms with Crippen molar-refractivity contribution in [2.75, 3.05) is 44.1 Å². The van der Waals surface area contributed by atoms with E-state index in [9.17, 15) is 18.8 Å². The monoisotopic (exact) mass is 401 g/mol. The van der Waals surface area contributed by atoms with E-state index in [4.69, 9.17) is 9.47 Å². The smallest absolute Gasteiger partial charge is 0.316 e. The summed E-state index contributed by atoms with van der Waals surface area (Å²) >= 11 is 0. The van der Waals surface area contributed by atoms with Crippen molar-refractivity contribution in [3.63, 3.8) is 0 Å². The molecule has 9 heteroatoms. The zero-order chi connectivity index (χ0) is 21.0. The van der Waals surface area contributed by atoms with Gasteiger partial charge in [0.25, 0.3) is 0 Å². The highest BCUT2D eigenvalue weighted by atomic mass is 19.1. The van der Waals surface area contributed by atoms with E-state index >= 15 is 0 Å². The molecule has 0 radical (unpaired) electrons. The first-order valence-corrected chi connectivity index (χ1v) is 8.81. The second-order valence-electron chi connectivity index (χ2n) is 6.28. The van der Waals surface area contributed by atoms with Crippen LogP contribution in [0.1, 0.15) is 0 Å². The minimum Gasteiger partial charge on any atom is -0.493 e. The van der Waals surface area contributed by atoms with E-state index in [1.165, 1.54) is 48.3 Å². The summed E-state index contributed by atoms with van der Waals surface area (Å²) in [7, 11) is 2.98. The van der Waals surface area contributed by atoms with Gasteiger partial charge in [0.05, 0.1) is 14.2 Å². The molecule has 0 bridgehead atoms. The van der Waals surface area contributed by atoms with Crippen LogP contribution in [0.25, 0.3) is 0 Å². The zero-order valence-corrected chi connectivity index (χ0v) is 16.0. The molecule has 0 spiro atoms. The lowest BCUT2D eigenvalue weighted by Crippen LogP contribution is -2.56. The Balaban J connectivity index is 1.65. The third-order valence-corrected chi connectivity index (χ3v) is 4.45. The molecule has 1 aliphatic heterocycles. The number of nitrogens with one attached hydrogen (secondary N) is 1. The van der Waals surface area contributed by atoms with Gasteiger partial charge >= 0.3 is 11.8 Å². The van der Waals surface area contributed by atoms with Gasteiger partial charge in [0.15, 0.2) is 11.5 Å². The highest BCUT2D eigenvalue weighted by molar-refractivity contribution is 6.41. The summed E-state index contributed by atoms with van der Waals surface area (Å²) in [6.45, 7) is 0.140. The lowest BCUT2D eigenvalue weighted by atomic mass is 10.2. The van der Waals surface area contributed by atoms with Gasteiger partial charge in [-0.1, -0.05) is 0 Å². The number of benzene rings is 2. The summed E-state index contributed by atoms with van der Waals surface area (Å²) in [6, 6.07) is 10.2. The molecule has 0 unspecified atom stereocenters. The highest BCUT2D eigenvalue weighted by Gasteiger charge is 2.34. The lowest BCUT2D eigenvalue weighted by Gasteiger charge is -2.33. The van der Waals surface area contributed by atoms with Crippen molar-refractivity contribution in [1.29, 1.82) is 0 Å². The van der Waals surface area contributed by atoms with Gasteiger partial charge in [-0.05, 0) is 36.4 Å². The summed E-state index contributed by atoms with van der Waals surface area (Å²) in [4.78, 5) is 39.7. The molecule has 1 fully saturated rings. The maximum atomic E-state index is 12.9. The Labute approximate surface area is 166 Å². The van der Waals surface area contributed by atoms with Crippen LogP contribution in [-0.2, 0) is 14.4 Å². The van der Waals surface area contributed by atoms with E-state index in [2.05, 4.69) is 5.32 Å². The molecule has 3 amide bonds. The Morgan fingerprint density at radius 3 is 2.34 bits per heavy atom. The molecule has 2 aromatic carbocycles. The summed E-state index contributed by atoms with van der Waals surface area (Å²) < 4.78 is 23.3. The number of ether oxygens (including phenoxy) is 2. The molecular weight excluding hydrogens is 381 g/mol. The van der Waals surface area contributed by atoms with Gasteiger partial charge in [-0.25, -0.2) is 4.39 Å². The Bertz CT molecular complexity index is 932. The minimum absolute atomic E-state index is 0.190. The Morgan fingerprint density at radius 2 is 1.69 bits per heavy atom. The molecule has 1 heterocycles. The molecule has 0 aliphatic carbocycles. The molecule has 1 saturated heterocycles. The lowest BCUT2D eigenvalue weighted by molar-refractivity contribution is -0.147. The number of piperazine rings is 1. The molecule has 152 valence electrons. The minimum atomic E-state index is -0.778. The number of carbonyl (C=O) groups excluding carboxylic acids is 3. The molecular formula is C20H20FN3O5. The van der Waals surface area contributed by atoms with Crippen molar-refractivity contribution in [3.05, 3.63) is 48.3 Å². The number of halogens is 1. The van der Waals surface area contributed by atoms with Crippen LogP contribution < -0.4 is 19.7 Å². The van der Waals surface area contributed by atoms with Gasteiger partial charge in [-0.3, -0.25) is 14.4 Å². The summed E-state index contributed by atoms with van der Waals surface area (Å²) in [5.41, 5.74) is 0.899. The van der Waals surface area contributed by atoms with E-state index in [0.29, 0.717) is 22.9 Å². The van der Waals surface area contributed by atoms with Crippen molar-refractivity contribution >= 4 is 29.1 Å². The number of anilines is 2. The second kappa shape index (κ2) is 8.59. The van der Waals surface area contributed by atoms with Crippen molar-refractivity contribution < 1.29 is 28.2 Å². The normalized spacial score (nSPS) is 14.0. The Morgan fingerprint density at radius 1 is 1.00 bits per heavy atom. The van der Waals surface area contributed by atoms with Crippen LogP contribution in [0, 0.1) is 5.82 Å². The number of carbonyl (C=O) groups is 3. The van der Waals surface area contributed by atoms with Crippen LogP contribution in [-0.4, -0.2) is 56.5 Å². The first kappa shape index (κ1) is 20.1. The number of hydrogen-bond donors (Lipinski definition) is 1. The molecule has 3 rings (SSSR count). The molecule has 1 aliphatic rings. The van der Waals surface area contributed by atoms with Crippen molar-refractivity contribution in [2.45, 2.75) is 0 Å². The van der Waals surface area contributed by atoms with Crippen LogP contribution in [0.15, 0.2) is 42.5 Å². The van der Waals surface area contributed by atoms with Gasteiger partial charge in [0.1, 0.15) is 12.4 Å². The third kappa shape index (κ3) is 4.45. The Hall–Kier alpha value is -3.62. The Kier molecular flexibility index (Phi) is 5.96. The van der Waals surface area contributed by atoms with Crippen molar-refractivity contribution in [3.8, 4) is 11.5 Å². The zero-order valence-electron chi connectivity index (χ0n) is 16.0. The van der Waals surface area contributed by atoms with Crippen molar-refractivity contribution in [1.82, 2.24) is 4.90 Å². The largest absolute Gasteiger partial charge is 0.493 e. The fraction of sp³-hybridized carbons (Fsp3) is 0.250. The number of rotatable bonds is 6. The molecule has 0 aromatic heterocycles. The van der Waals surface area contributed by atoms with Crippen LogP contribution >= 0.6 is 0 Å². The summed E-state index contributed by atoms with van der Waals surface area (Å²) in [5, 5.41) is 2.57. The first-order valence-electron chi connectivity index (χ1n) is 8.81. The van der Waals surface area contributed by atoms with Gasteiger partial charge < -0.3 is 24.6 Å². The molecule has 8 nitrogen and oxygen atoms in total. The van der Waals surface area contributed by atoms with Crippen LogP contribution in [0.4, 0.5) is 15.8 Å². The topological polar surface area (TPSA) is 88.2 Å². The van der Waals surface area contributed by atoms with Crippen molar-refractivity contribution in [2.24, 2.45) is 0 Å². The number of nitrogens with zero attached hydrogens (tertiary/aromatic N) is 2. The van der Waals surface area contributed by atoms with E-state index in [1.807, 2.05) is 0 Å². The SMILES string of the molecule is COc1ccc(N2CCN(CC(=O)Nc3ccc(F)cc3)C(=O)C2=O)cc1OC. The maximum absolute atomic E-state index is 12.9. The molecule has 2 aromatic rings. The summed E-state index contributed by atoms with van der Waals surface area (Å²) in [5.74, 6) is -1.47. The number of hydrogen-bond acceptors (Lipinski definition) is 5. The fourth-order valence-corrected chi connectivity index (χ4v) is 2.97. The van der Waals surface area contributed by atoms with E-state index in [0.717, 1.165) is 0 Å². The van der Waals surface area contributed by atoms with E-state index < -0.39 is 23.5 Å². The predicted octanol–water partition coefficient (Wildman–Crippen LogP) is 1.66. The van der Waals surface area contributed by atoms with Gasteiger partial charge in [-0.2, -0.15) is 0 Å². The van der Waals surface area contributed by atoms with Crippen LogP contribution in [0.5, 0.6) is 11.5 Å². The maximum Gasteiger partial charge on any atom is 0.316 e. The van der Waals surface area contributed by atoms with Crippen LogP contribution in [0.3, 0.4) is 0 Å². The standard InChI is InChI=1S/C20H20FN3O5/c1-28-16-8-7-15(11-17(16)29-2)24-10-9-23(19(26)20(24)27)12-18(25)22-14-5-3-13(21)4-6-14/h3-8,11H,9-10,12H2,1-2H3,(H,22,25). The first-order chi connectivity index (χ1) is 13.9. The molecule has 29 heavy (non-hydrogen) atoms. The van der Waals surface area contributed by atoms with E-state index in [1.54, 1.807) is 18.2 Å². The van der Waals surface area contributed by atoms with Gasteiger partial charge in [-0.15, -0.1) is 0 Å². The van der Waals surface area contributed by atoms with E-state index in [-0.39, 0.29) is 19.6 Å². The van der Waals surface area contributed by atoms with Gasteiger partial charge in [0, 0.05) is 30.5 Å². The van der Waals surface area contributed by atoms with Gasteiger partial charge in [0.2, 0.25) is 5.91 Å². The molecule has 0 saturated carbocycles. The summed E-state index contributed by atoms with van der Waals surface area (Å²) in [6.07, 6.45) is 0. The highest BCUT2D eigenvalue weighted by Crippen LogP contribution is 2.32. The third-order valence-electron chi connectivity index (χ3n) is 4.45.